The third-order valence-corrected chi connectivity index (χ3v) is 6.54. The number of hydrogen-bond acceptors (Lipinski definition) is 5. The molecule has 1 N–H and O–H groups in total. The Morgan fingerprint density at radius 3 is 2.70 bits per heavy atom. The highest BCUT2D eigenvalue weighted by atomic mass is 35.5. The van der Waals surface area contributed by atoms with Gasteiger partial charge < -0.3 is 10.1 Å². The van der Waals surface area contributed by atoms with Gasteiger partial charge in [0.1, 0.15) is 11.4 Å². The van der Waals surface area contributed by atoms with Crippen molar-refractivity contribution in [3.63, 3.8) is 0 Å². The number of carbonyl (C=O) groups is 2. The van der Waals surface area contributed by atoms with Gasteiger partial charge in [-0.05, 0) is 50.8 Å². The number of carbonyl (C=O) groups excluding carboxylic acids is 2. The number of esters is 1. The van der Waals surface area contributed by atoms with E-state index in [9.17, 15) is 18.0 Å². The van der Waals surface area contributed by atoms with Gasteiger partial charge in [0, 0.05) is 18.7 Å². The Kier molecular flexibility index (Phi) is 7.25. The predicted molar refractivity (Wildman–Crippen MR) is 102 cm³/mol. The zero-order valence-corrected chi connectivity index (χ0v) is 17.3. The molecule has 1 aliphatic rings. The second-order valence-corrected chi connectivity index (χ2v) is 9.29. The summed E-state index contributed by atoms with van der Waals surface area (Å²) >= 11 is 6.11. The normalized spacial score (nSPS) is 18.3. The molecular formula is C18H25ClN2O5S. The van der Waals surface area contributed by atoms with Crippen LogP contribution in [0.5, 0.6) is 0 Å². The topological polar surface area (TPSA) is 92.8 Å². The molecule has 1 aromatic rings. The molecule has 1 aromatic carbocycles. The van der Waals surface area contributed by atoms with Crippen LogP contribution in [0.3, 0.4) is 0 Å². The van der Waals surface area contributed by atoms with Crippen molar-refractivity contribution in [3.05, 3.63) is 28.8 Å². The second-order valence-electron chi connectivity index (χ2n) is 6.98. The largest absolute Gasteiger partial charge is 0.462 e. The van der Waals surface area contributed by atoms with Crippen LogP contribution < -0.4 is 5.32 Å². The zero-order valence-electron chi connectivity index (χ0n) is 15.7. The summed E-state index contributed by atoms with van der Waals surface area (Å²) in [7, 11) is -3.80. The Balaban J connectivity index is 2.17. The first-order valence-electron chi connectivity index (χ1n) is 8.88. The average molecular weight is 417 g/mol. The van der Waals surface area contributed by atoms with Crippen LogP contribution in [0.4, 0.5) is 0 Å². The Morgan fingerprint density at radius 1 is 1.37 bits per heavy atom. The predicted octanol–water partition coefficient (Wildman–Crippen LogP) is 2.44. The number of hydrogen-bond donors (Lipinski definition) is 1. The maximum absolute atomic E-state index is 13.0. The lowest BCUT2D eigenvalue weighted by atomic mass is 10.0. The summed E-state index contributed by atoms with van der Waals surface area (Å²) in [5.74, 6) is -0.871. The van der Waals surface area contributed by atoms with Crippen LogP contribution in [-0.2, 0) is 19.6 Å². The van der Waals surface area contributed by atoms with E-state index in [0.717, 1.165) is 12.8 Å². The summed E-state index contributed by atoms with van der Waals surface area (Å²) in [6.07, 6.45) is 1.48. The van der Waals surface area contributed by atoms with E-state index in [4.69, 9.17) is 16.3 Å². The van der Waals surface area contributed by atoms with E-state index in [1.807, 2.05) is 6.92 Å². The SMILES string of the molecule is CC1CCCN(S(=O)(=O)c2cc(C(=O)NCC(=O)OC(C)C)ccc2Cl)C1. The van der Waals surface area contributed by atoms with Crippen molar-refractivity contribution >= 4 is 33.5 Å². The maximum atomic E-state index is 13.0. The number of nitrogens with one attached hydrogen (secondary N) is 1. The van der Waals surface area contributed by atoms with Gasteiger partial charge in [-0.1, -0.05) is 18.5 Å². The second kappa shape index (κ2) is 9.03. The van der Waals surface area contributed by atoms with E-state index in [1.165, 1.54) is 22.5 Å². The van der Waals surface area contributed by atoms with Gasteiger partial charge >= 0.3 is 5.97 Å². The van der Waals surface area contributed by atoms with Crippen LogP contribution in [0.15, 0.2) is 23.1 Å². The number of ether oxygens (including phenoxy) is 1. The lowest BCUT2D eigenvalue weighted by Gasteiger charge is -2.30. The summed E-state index contributed by atoms with van der Waals surface area (Å²) in [6, 6.07) is 4.05. The van der Waals surface area contributed by atoms with Crippen LogP contribution in [0, 0.1) is 5.92 Å². The molecule has 1 amide bonds. The fraction of sp³-hybridized carbons (Fsp3) is 0.556. The van der Waals surface area contributed by atoms with Gasteiger partial charge in [0.25, 0.3) is 5.91 Å². The summed E-state index contributed by atoms with van der Waals surface area (Å²) in [6.45, 7) is 5.97. The molecule has 1 fully saturated rings. The van der Waals surface area contributed by atoms with E-state index in [-0.39, 0.29) is 34.0 Å². The van der Waals surface area contributed by atoms with E-state index in [0.29, 0.717) is 13.1 Å². The Bertz CT molecular complexity index is 810. The third-order valence-electron chi connectivity index (χ3n) is 4.19. The monoisotopic (exact) mass is 416 g/mol. The minimum Gasteiger partial charge on any atom is -0.462 e. The molecule has 27 heavy (non-hydrogen) atoms. The van der Waals surface area contributed by atoms with E-state index in [2.05, 4.69) is 5.32 Å². The highest BCUT2D eigenvalue weighted by Gasteiger charge is 2.31. The molecule has 0 spiro atoms. The molecule has 7 nitrogen and oxygen atoms in total. The highest BCUT2D eigenvalue weighted by Crippen LogP contribution is 2.29. The van der Waals surface area contributed by atoms with Crippen LogP contribution in [0.25, 0.3) is 0 Å². The number of sulfonamides is 1. The molecule has 0 aromatic heterocycles. The third kappa shape index (κ3) is 5.67. The molecule has 1 atom stereocenters. The Morgan fingerprint density at radius 2 is 2.07 bits per heavy atom. The highest BCUT2D eigenvalue weighted by molar-refractivity contribution is 7.89. The maximum Gasteiger partial charge on any atom is 0.325 e. The lowest BCUT2D eigenvalue weighted by Crippen LogP contribution is -2.39. The number of benzene rings is 1. The van der Waals surface area contributed by atoms with Gasteiger partial charge in [0.15, 0.2) is 0 Å². The molecule has 1 unspecified atom stereocenters. The molecule has 9 heteroatoms. The van der Waals surface area contributed by atoms with E-state index >= 15 is 0 Å². The van der Waals surface area contributed by atoms with Gasteiger partial charge in [-0.15, -0.1) is 0 Å². The minimum absolute atomic E-state index is 0.0593. The van der Waals surface area contributed by atoms with Gasteiger partial charge in [-0.25, -0.2) is 8.42 Å². The summed E-state index contributed by atoms with van der Waals surface area (Å²) in [5.41, 5.74) is 0.111. The minimum atomic E-state index is -3.80. The van der Waals surface area contributed by atoms with Crippen LogP contribution >= 0.6 is 11.6 Å². The van der Waals surface area contributed by atoms with Crippen molar-refractivity contribution in [1.82, 2.24) is 9.62 Å². The van der Waals surface area contributed by atoms with Gasteiger partial charge in [-0.3, -0.25) is 9.59 Å². The average Bonchev–Trinajstić information content (AvgIpc) is 2.59. The van der Waals surface area contributed by atoms with Gasteiger partial charge in [-0.2, -0.15) is 4.31 Å². The molecule has 1 saturated heterocycles. The quantitative estimate of drug-likeness (QED) is 0.719. The molecule has 1 heterocycles. The Labute approximate surface area is 165 Å². The summed E-state index contributed by atoms with van der Waals surface area (Å²) < 4.78 is 32.3. The first-order valence-corrected chi connectivity index (χ1v) is 10.7. The fourth-order valence-corrected chi connectivity index (χ4v) is 5.00. The van der Waals surface area contributed by atoms with Gasteiger partial charge in [0.05, 0.1) is 11.1 Å². The number of piperidine rings is 1. The molecule has 0 bridgehead atoms. The van der Waals surface area contributed by atoms with Crippen LogP contribution in [0.1, 0.15) is 44.0 Å². The molecule has 0 radical (unpaired) electrons. The molecule has 2 rings (SSSR count). The zero-order chi connectivity index (χ0) is 20.2. The van der Waals surface area contributed by atoms with E-state index < -0.39 is 21.9 Å². The van der Waals surface area contributed by atoms with Crippen molar-refractivity contribution in [2.75, 3.05) is 19.6 Å². The Hall–Kier alpha value is -1.64. The first-order chi connectivity index (χ1) is 12.6. The number of halogens is 1. The van der Waals surface area contributed by atoms with Crippen molar-refractivity contribution in [2.45, 2.75) is 44.6 Å². The van der Waals surface area contributed by atoms with Crippen molar-refractivity contribution < 1.29 is 22.7 Å². The van der Waals surface area contributed by atoms with Crippen molar-refractivity contribution in [1.29, 1.82) is 0 Å². The number of rotatable bonds is 6. The summed E-state index contributed by atoms with van der Waals surface area (Å²) in [4.78, 5) is 23.7. The number of nitrogens with zero attached hydrogens (tertiary/aromatic N) is 1. The lowest BCUT2D eigenvalue weighted by molar-refractivity contribution is -0.146. The van der Waals surface area contributed by atoms with Crippen molar-refractivity contribution in [2.24, 2.45) is 5.92 Å². The molecule has 150 valence electrons. The fourth-order valence-electron chi connectivity index (χ4n) is 2.91. The number of amides is 1. The standard InChI is InChI=1S/C18H25ClN2O5S/c1-12(2)26-17(22)10-20-18(23)14-6-7-15(19)16(9-14)27(24,25)21-8-4-5-13(3)11-21/h6-7,9,12-13H,4-5,8,10-11H2,1-3H3,(H,20,23). The van der Waals surface area contributed by atoms with Gasteiger partial charge in [0.2, 0.25) is 10.0 Å². The van der Waals surface area contributed by atoms with Crippen LogP contribution in [0.2, 0.25) is 5.02 Å². The van der Waals surface area contributed by atoms with Crippen LogP contribution in [-0.4, -0.2) is 50.3 Å². The first kappa shape index (κ1) is 21.7. The van der Waals surface area contributed by atoms with E-state index in [1.54, 1.807) is 13.8 Å². The molecule has 1 aliphatic heterocycles. The smallest absolute Gasteiger partial charge is 0.325 e. The molecule has 0 aliphatic carbocycles. The molecule has 0 saturated carbocycles. The molecular weight excluding hydrogens is 392 g/mol. The van der Waals surface area contributed by atoms with Crippen molar-refractivity contribution in [3.8, 4) is 0 Å². The summed E-state index contributed by atoms with van der Waals surface area (Å²) in [5, 5.41) is 2.48.